The summed E-state index contributed by atoms with van der Waals surface area (Å²) in [5.41, 5.74) is 0. The number of hydrogen-bond donors (Lipinski definition) is 1. The Bertz CT molecular complexity index is 188. The average Bonchev–Trinajstić information content (AvgIpc) is 2.65. The maximum atomic E-state index is 5.91. The molecule has 2 aliphatic rings. The van der Waals surface area contributed by atoms with Crippen molar-refractivity contribution in [3.63, 3.8) is 0 Å². The Balaban J connectivity index is 1.49. The van der Waals surface area contributed by atoms with E-state index in [0.717, 1.165) is 52.4 Å². The second-order valence-corrected chi connectivity index (χ2v) is 4.98. The van der Waals surface area contributed by atoms with Gasteiger partial charge in [0.15, 0.2) is 0 Å². The number of nitrogens with one attached hydrogen (secondary N) is 1. The van der Waals surface area contributed by atoms with Crippen LogP contribution in [0, 0.1) is 0 Å². The molecule has 0 spiro atoms. The average molecular weight is 242 g/mol. The highest BCUT2D eigenvalue weighted by atomic mass is 16.5. The third-order valence-corrected chi connectivity index (χ3v) is 3.57. The maximum Gasteiger partial charge on any atom is 0.0599 e. The lowest BCUT2D eigenvalue weighted by molar-refractivity contribution is 0.0276. The summed E-state index contributed by atoms with van der Waals surface area (Å²) in [4.78, 5) is 2.50. The summed E-state index contributed by atoms with van der Waals surface area (Å²) in [6.07, 6.45) is 5.19. The third kappa shape index (κ3) is 5.34. The number of hydrogen-bond acceptors (Lipinski definition) is 4. The van der Waals surface area contributed by atoms with E-state index in [9.17, 15) is 0 Å². The van der Waals surface area contributed by atoms with Crippen molar-refractivity contribution in [1.82, 2.24) is 10.2 Å². The van der Waals surface area contributed by atoms with Gasteiger partial charge in [0, 0.05) is 32.8 Å². The zero-order valence-electron chi connectivity index (χ0n) is 10.8. The largest absolute Gasteiger partial charge is 0.380 e. The maximum absolute atomic E-state index is 5.91. The Morgan fingerprint density at radius 1 is 1.18 bits per heavy atom. The molecule has 0 aliphatic carbocycles. The molecule has 0 saturated carbocycles. The van der Waals surface area contributed by atoms with Gasteiger partial charge in [-0.3, -0.25) is 0 Å². The fourth-order valence-corrected chi connectivity index (χ4v) is 2.52. The summed E-state index contributed by atoms with van der Waals surface area (Å²) in [7, 11) is 0. The molecule has 2 heterocycles. The summed E-state index contributed by atoms with van der Waals surface area (Å²) in [6.45, 7) is 8.43. The molecule has 4 heteroatoms. The van der Waals surface area contributed by atoms with Gasteiger partial charge in [0.2, 0.25) is 0 Å². The van der Waals surface area contributed by atoms with Gasteiger partial charge in [0.05, 0.1) is 12.7 Å². The lowest BCUT2D eigenvalue weighted by Gasteiger charge is -2.24. The lowest BCUT2D eigenvalue weighted by atomic mass is 10.1. The first kappa shape index (κ1) is 13.3. The second-order valence-electron chi connectivity index (χ2n) is 4.98. The number of piperidine rings is 1. The highest BCUT2D eigenvalue weighted by Crippen LogP contribution is 2.08. The standard InChI is InChI=1S/C13H26N2O2/c1-7-15(9-12-16-10-1)8-2-11-17-13-3-5-14-6-4-13/h13-14H,1-12H2. The number of nitrogens with zero attached hydrogens (tertiary/aromatic N) is 1. The van der Waals surface area contributed by atoms with Crippen molar-refractivity contribution in [3.05, 3.63) is 0 Å². The molecule has 0 aromatic carbocycles. The minimum Gasteiger partial charge on any atom is -0.380 e. The molecule has 2 aliphatic heterocycles. The van der Waals surface area contributed by atoms with Gasteiger partial charge in [-0.1, -0.05) is 0 Å². The Morgan fingerprint density at radius 3 is 2.94 bits per heavy atom. The molecular formula is C13H26N2O2. The molecule has 0 aromatic rings. The van der Waals surface area contributed by atoms with E-state index < -0.39 is 0 Å². The first-order chi connectivity index (χ1) is 8.45. The van der Waals surface area contributed by atoms with Crippen LogP contribution in [-0.4, -0.2) is 63.5 Å². The monoisotopic (exact) mass is 242 g/mol. The SMILES string of the molecule is C1COCCN(CCCOC2CCNCC2)C1. The van der Waals surface area contributed by atoms with Crippen LogP contribution in [0.1, 0.15) is 25.7 Å². The Morgan fingerprint density at radius 2 is 2.06 bits per heavy atom. The zero-order chi connectivity index (χ0) is 11.8. The van der Waals surface area contributed by atoms with Crippen LogP contribution in [0.2, 0.25) is 0 Å². The van der Waals surface area contributed by atoms with E-state index in [2.05, 4.69) is 10.2 Å². The van der Waals surface area contributed by atoms with Crippen LogP contribution < -0.4 is 5.32 Å². The second kappa shape index (κ2) is 8.03. The van der Waals surface area contributed by atoms with Crippen LogP contribution >= 0.6 is 0 Å². The predicted octanol–water partition coefficient (Wildman–Crippen LogP) is 0.867. The first-order valence-electron chi connectivity index (χ1n) is 7.07. The molecule has 1 N–H and O–H groups in total. The van der Waals surface area contributed by atoms with E-state index >= 15 is 0 Å². The van der Waals surface area contributed by atoms with Crippen molar-refractivity contribution in [3.8, 4) is 0 Å². The molecule has 0 aromatic heterocycles. The number of ether oxygens (including phenoxy) is 2. The van der Waals surface area contributed by atoms with Gasteiger partial charge in [-0.05, 0) is 38.8 Å². The van der Waals surface area contributed by atoms with E-state index in [-0.39, 0.29) is 0 Å². The van der Waals surface area contributed by atoms with Crippen molar-refractivity contribution in [2.24, 2.45) is 0 Å². The molecule has 17 heavy (non-hydrogen) atoms. The summed E-state index contributed by atoms with van der Waals surface area (Å²) in [6, 6.07) is 0. The van der Waals surface area contributed by atoms with Crippen LogP contribution in [0.25, 0.3) is 0 Å². The van der Waals surface area contributed by atoms with Gasteiger partial charge in [0.25, 0.3) is 0 Å². The Labute approximate surface area is 105 Å². The molecule has 2 saturated heterocycles. The van der Waals surface area contributed by atoms with E-state index in [0.29, 0.717) is 6.10 Å². The summed E-state index contributed by atoms with van der Waals surface area (Å²) >= 11 is 0. The normalized spacial score (nSPS) is 24.7. The highest BCUT2D eigenvalue weighted by molar-refractivity contribution is 4.68. The molecule has 0 atom stereocenters. The van der Waals surface area contributed by atoms with E-state index in [1.807, 2.05) is 0 Å². The molecule has 0 unspecified atom stereocenters. The van der Waals surface area contributed by atoms with Crippen molar-refractivity contribution < 1.29 is 9.47 Å². The van der Waals surface area contributed by atoms with Crippen molar-refractivity contribution >= 4 is 0 Å². The van der Waals surface area contributed by atoms with Crippen molar-refractivity contribution in [1.29, 1.82) is 0 Å². The fourth-order valence-electron chi connectivity index (χ4n) is 2.52. The van der Waals surface area contributed by atoms with Gasteiger partial charge >= 0.3 is 0 Å². The molecule has 0 bridgehead atoms. The molecule has 2 rings (SSSR count). The molecule has 100 valence electrons. The third-order valence-electron chi connectivity index (χ3n) is 3.57. The van der Waals surface area contributed by atoms with Crippen LogP contribution in [0.3, 0.4) is 0 Å². The summed E-state index contributed by atoms with van der Waals surface area (Å²) < 4.78 is 11.4. The smallest absolute Gasteiger partial charge is 0.0599 e. The van der Waals surface area contributed by atoms with Gasteiger partial charge in [-0.25, -0.2) is 0 Å². The lowest BCUT2D eigenvalue weighted by Crippen LogP contribution is -2.33. The van der Waals surface area contributed by atoms with Crippen molar-refractivity contribution in [2.75, 3.05) is 52.5 Å². The van der Waals surface area contributed by atoms with E-state index in [1.165, 1.54) is 25.8 Å². The number of rotatable bonds is 5. The van der Waals surface area contributed by atoms with Gasteiger partial charge in [-0.15, -0.1) is 0 Å². The fraction of sp³-hybridized carbons (Fsp3) is 1.00. The molecule has 2 fully saturated rings. The quantitative estimate of drug-likeness (QED) is 0.725. The Hall–Kier alpha value is -0.160. The topological polar surface area (TPSA) is 33.7 Å². The minimum atomic E-state index is 0.503. The van der Waals surface area contributed by atoms with Crippen LogP contribution in [0.15, 0.2) is 0 Å². The Kier molecular flexibility index (Phi) is 6.27. The highest BCUT2D eigenvalue weighted by Gasteiger charge is 2.13. The van der Waals surface area contributed by atoms with Gasteiger partial charge in [-0.2, -0.15) is 0 Å². The molecule has 0 amide bonds. The summed E-state index contributed by atoms with van der Waals surface area (Å²) in [5, 5.41) is 3.36. The molecule has 4 nitrogen and oxygen atoms in total. The first-order valence-corrected chi connectivity index (χ1v) is 7.07. The van der Waals surface area contributed by atoms with Crippen LogP contribution in [0.4, 0.5) is 0 Å². The zero-order valence-corrected chi connectivity index (χ0v) is 10.8. The van der Waals surface area contributed by atoms with Crippen molar-refractivity contribution in [2.45, 2.75) is 31.8 Å². The van der Waals surface area contributed by atoms with E-state index in [1.54, 1.807) is 0 Å². The molecule has 0 radical (unpaired) electrons. The predicted molar refractivity (Wildman–Crippen MR) is 68.3 cm³/mol. The van der Waals surface area contributed by atoms with Gasteiger partial charge in [0.1, 0.15) is 0 Å². The van der Waals surface area contributed by atoms with Crippen LogP contribution in [-0.2, 0) is 9.47 Å². The van der Waals surface area contributed by atoms with Crippen LogP contribution in [0.5, 0.6) is 0 Å². The summed E-state index contributed by atoms with van der Waals surface area (Å²) in [5.74, 6) is 0. The van der Waals surface area contributed by atoms with E-state index in [4.69, 9.17) is 9.47 Å². The minimum absolute atomic E-state index is 0.503. The van der Waals surface area contributed by atoms with Gasteiger partial charge < -0.3 is 19.7 Å². The molecular weight excluding hydrogens is 216 g/mol.